The summed E-state index contributed by atoms with van der Waals surface area (Å²) in [4.78, 5) is 16.4. The van der Waals surface area contributed by atoms with E-state index >= 15 is 0 Å². The highest BCUT2D eigenvalue weighted by Gasteiger charge is 2.10. The van der Waals surface area contributed by atoms with E-state index in [-0.39, 0.29) is 5.91 Å². The van der Waals surface area contributed by atoms with Crippen LogP contribution in [0.5, 0.6) is 0 Å². The Hall–Kier alpha value is -1.20. The van der Waals surface area contributed by atoms with Crippen molar-refractivity contribution in [3.05, 3.63) is 34.4 Å². The van der Waals surface area contributed by atoms with Crippen molar-refractivity contribution in [3.63, 3.8) is 0 Å². The SMILES string of the molecule is CC(=O)Nc1nc(C)c(-c2cccc(Br)c2)s1. The molecule has 0 aliphatic heterocycles. The van der Waals surface area contributed by atoms with Gasteiger partial charge in [0.05, 0.1) is 10.6 Å². The van der Waals surface area contributed by atoms with E-state index in [1.54, 1.807) is 0 Å². The van der Waals surface area contributed by atoms with Gasteiger partial charge in [0.25, 0.3) is 0 Å². The second-order valence-corrected chi connectivity index (χ2v) is 5.54. The van der Waals surface area contributed by atoms with Crippen LogP contribution in [-0.4, -0.2) is 10.9 Å². The number of aryl methyl sites for hydroxylation is 1. The van der Waals surface area contributed by atoms with Gasteiger partial charge in [0.1, 0.15) is 0 Å². The third-order valence-corrected chi connectivity index (χ3v) is 3.78. The molecule has 1 amide bonds. The zero-order valence-electron chi connectivity index (χ0n) is 9.45. The van der Waals surface area contributed by atoms with Crippen LogP contribution in [0.25, 0.3) is 10.4 Å². The number of halogens is 1. The molecule has 0 saturated heterocycles. The van der Waals surface area contributed by atoms with Crippen molar-refractivity contribution in [2.24, 2.45) is 0 Å². The van der Waals surface area contributed by atoms with Crippen LogP contribution in [0.3, 0.4) is 0 Å². The van der Waals surface area contributed by atoms with Crippen LogP contribution in [0, 0.1) is 6.92 Å². The van der Waals surface area contributed by atoms with E-state index in [1.807, 2.05) is 31.2 Å². The van der Waals surface area contributed by atoms with E-state index in [1.165, 1.54) is 18.3 Å². The van der Waals surface area contributed by atoms with Crippen LogP contribution in [0.2, 0.25) is 0 Å². The second-order valence-electron chi connectivity index (χ2n) is 3.63. The molecule has 1 N–H and O–H groups in total. The molecule has 0 aliphatic carbocycles. The molecule has 0 aliphatic rings. The molecule has 0 unspecified atom stereocenters. The highest BCUT2D eigenvalue weighted by atomic mass is 79.9. The maximum absolute atomic E-state index is 11.0. The topological polar surface area (TPSA) is 42.0 Å². The van der Waals surface area contributed by atoms with Gasteiger partial charge in [-0.15, -0.1) is 0 Å². The van der Waals surface area contributed by atoms with Crippen molar-refractivity contribution in [1.82, 2.24) is 4.98 Å². The first-order chi connectivity index (χ1) is 8.06. The standard InChI is InChI=1S/C12H11BrN2OS/c1-7-11(9-4-3-5-10(13)6-9)17-12(14-7)15-8(2)16/h3-6H,1-2H3,(H,14,15,16). The summed E-state index contributed by atoms with van der Waals surface area (Å²) < 4.78 is 1.03. The number of hydrogen-bond acceptors (Lipinski definition) is 3. The van der Waals surface area contributed by atoms with Crippen molar-refractivity contribution in [2.45, 2.75) is 13.8 Å². The quantitative estimate of drug-likeness (QED) is 0.915. The van der Waals surface area contributed by atoms with Gasteiger partial charge >= 0.3 is 0 Å². The number of thiazole rings is 1. The highest BCUT2D eigenvalue weighted by Crippen LogP contribution is 2.33. The van der Waals surface area contributed by atoms with E-state index in [0.717, 1.165) is 20.6 Å². The Morgan fingerprint density at radius 2 is 2.24 bits per heavy atom. The molecular weight excluding hydrogens is 300 g/mol. The average Bonchev–Trinajstić information content (AvgIpc) is 2.58. The number of nitrogens with zero attached hydrogens (tertiary/aromatic N) is 1. The summed E-state index contributed by atoms with van der Waals surface area (Å²) in [5.74, 6) is -0.0976. The van der Waals surface area contributed by atoms with Crippen molar-refractivity contribution in [3.8, 4) is 10.4 Å². The minimum atomic E-state index is -0.0976. The van der Waals surface area contributed by atoms with Gasteiger partial charge in [-0.2, -0.15) is 0 Å². The highest BCUT2D eigenvalue weighted by molar-refractivity contribution is 9.10. The third kappa shape index (κ3) is 2.92. The molecule has 2 aromatic rings. The maximum atomic E-state index is 11.0. The van der Waals surface area contributed by atoms with Crippen LogP contribution >= 0.6 is 27.3 Å². The van der Waals surface area contributed by atoms with E-state index in [9.17, 15) is 4.79 Å². The number of nitrogens with one attached hydrogen (secondary N) is 1. The summed E-state index contributed by atoms with van der Waals surface area (Å²) in [5, 5.41) is 3.35. The summed E-state index contributed by atoms with van der Waals surface area (Å²) in [5.41, 5.74) is 2.03. The van der Waals surface area contributed by atoms with Crippen LogP contribution < -0.4 is 5.32 Å². The van der Waals surface area contributed by atoms with Gasteiger partial charge in [-0.25, -0.2) is 4.98 Å². The predicted molar refractivity (Wildman–Crippen MR) is 74.3 cm³/mol. The van der Waals surface area contributed by atoms with Gasteiger partial charge in [0.15, 0.2) is 5.13 Å². The lowest BCUT2D eigenvalue weighted by molar-refractivity contribution is -0.114. The van der Waals surface area contributed by atoms with Gasteiger partial charge in [0, 0.05) is 11.4 Å². The summed E-state index contributed by atoms with van der Waals surface area (Å²) in [6.45, 7) is 3.42. The minimum Gasteiger partial charge on any atom is -0.302 e. The van der Waals surface area contributed by atoms with Crippen molar-refractivity contribution < 1.29 is 4.79 Å². The molecule has 1 aromatic carbocycles. The Morgan fingerprint density at radius 1 is 1.47 bits per heavy atom. The number of carbonyl (C=O) groups excluding carboxylic acids is 1. The number of amides is 1. The Kier molecular flexibility index (Phi) is 3.59. The molecule has 0 spiro atoms. The van der Waals surface area contributed by atoms with Gasteiger partial charge in [-0.3, -0.25) is 4.79 Å². The summed E-state index contributed by atoms with van der Waals surface area (Å²) in [7, 11) is 0. The van der Waals surface area contributed by atoms with Crippen molar-refractivity contribution >= 4 is 38.3 Å². The van der Waals surface area contributed by atoms with Gasteiger partial charge in [0.2, 0.25) is 5.91 Å². The number of rotatable bonds is 2. The normalized spacial score (nSPS) is 10.3. The Morgan fingerprint density at radius 3 is 2.88 bits per heavy atom. The molecule has 0 radical (unpaired) electrons. The van der Waals surface area contributed by atoms with Crippen LogP contribution in [0.4, 0.5) is 5.13 Å². The molecule has 2 rings (SSSR count). The third-order valence-electron chi connectivity index (χ3n) is 2.17. The summed E-state index contributed by atoms with van der Waals surface area (Å²) in [6.07, 6.45) is 0. The Labute approximate surface area is 112 Å². The maximum Gasteiger partial charge on any atom is 0.223 e. The molecule has 0 saturated carbocycles. The van der Waals surface area contributed by atoms with Gasteiger partial charge in [-0.05, 0) is 24.6 Å². The molecule has 3 nitrogen and oxygen atoms in total. The van der Waals surface area contributed by atoms with E-state index < -0.39 is 0 Å². The molecule has 1 heterocycles. The first-order valence-electron chi connectivity index (χ1n) is 5.07. The molecule has 0 fully saturated rings. The van der Waals surface area contributed by atoms with Gasteiger partial charge in [-0.1, -0.05) is 39.4 Å². The fraction of sp³-hybridized carbons (Fsp3) is 0.167. The largest absolute Gasteiger partial charge is 0.302 e. The second kappa shape index (κ2) is 4.98. The van der Waals surface area contributed by atoms with E-state index in [2.05, 4.69) is 26.2 Å². The van der Waals surface area contributed by atoms with Crippen molar-refractivity contribution in [2.75, 3.05) is 5.32 Å². The molecule has 0 atom stereocenters. The number of hydrogen-bond donors (Lipinski definition) is 1. The monoisotopic (exact) mass is 310 g/mol. The smallest absolute Gasteiger partial charge is 0.223 e. The number of anilines is 1. The number of aromatic nitrogens is 1. The Bertz CT molecular complexity index is 565. The Balaban J connectivity index is 2.39. The predicted octanol–water partition coefficient (Wildman–Crippen LogP) is 3.84. The van der Waals surface area contributed by atoms with Crippen LogP contribution in [-0.2, 0) is 4.79 Å². The van der Waals surface area contributed by atoms with E-state index in [4.69, 9.17) is 0 Å². The lowest BCUT2D eigenvalue weighted by Crippen LogP contribution is -2.04. The molecular formula is C12H11BrN2OS. The molecule has 1 aromatic heterocycles. The lowest BCUT2D eigenvalue weighted by atomic mass is 10.2. The fourth-order valence-corrected chi connectivity index (χ4v) is 2.91. The number of carbonyl (C=O) groups is 1. The molecule has 5 heteroatoms. The molecule has 17 heavy (non-hydrogen) atoms. The van der Waals surface area contributed by atoms with Crippen molar-refractivity contribution in [1.29, 1.82) is 0 Å². The summed E-state index contributed by atoms with van der Waals surface area (Å²) in [6, 6.07) is 8.03. The fourth-order valence-electron chi connectivity index (χ4n) is 1.50. The van der Waals surface area contributed by atoms with Crippen LogP contribution in [0.15, 0.2) is 28.7 Å². The lowest BCUT2D eigenvalue weighted by Gasteiger charge is -1.98. The average molecular weight is 311 g/mol. The minimum absolute atomic E-state index is 0.0976. The van der Waals surface area contributed by atoms with E-state index in [0.29, 0.717) is 5.13 Å². The zero-order chi connectivity index (χ0) is 12.4. The zero-order valence-corrected chi connectivity index (χ0v) is 11.9. The molecule has 0 bridgehead atoms. The van der Waals surface area contributed by atoms with Crippen LogP contribution in [0.1, 0.15) is 12.6 Å². The van der Waals surface area contributed by atoms with Gasteiger partial charge < -0.3 is 5.32 Å². The first-order valence-corrected chi connectivity index (χ1v) is 6.68. The molecule has 88 valence electrons. The summed E-state index contributed by atoms with van der Waals surface area (Å²) >= 11 is 4.93. The number of benzene rings is 1. The first kappa shape index (κ1) is 12.3.